The highest BCUT2D eigenvalue weighted by atomic mass is 16.5. The Balaban J connectivity index is 1.32. The number of benzene rings is 2. The summed E-state index contributed by atoms with van der Waals surface area (Å²) in [5.41, 5.74) is 5.26. The molecule has 36 heavy (non-hydrogen) atoms. The molecule has 0 aliphatic carbocycles. The summed E-state index contributed by atoms with van der Waals surface area (Å²) in [5, 5.41) is 16.3. The third-order valence-corrected chi connectivity index (χ3v) is 6.45. The largest absolute Gasteiger partial charge is 0.495 e. The third kappa shape index (κ3) is 4.25. The van der Waals surface area contributed by atoms with Gasteiger partial charge in [0.15, 0.2) is 11.5 Å². The molecule has 0 unspecified atom stereocenters. The smallest absolute Gasteiger partial charge is 0.180 e. The van der Waals surface area contributed by atoms with Crippen molar-refractivity contribution in [2.75, 3.05) is 62.1 Å². The second kappa shape index (κ2) is 9.56. The zero-order chi connectivity index (χ0) is 24.5. The molecule has 2 aromatic carbocycles. The molecule has 2 aromatic heterocycles. The van der Waals surface area contributed by atoms with E-state index in [1.165, 1.54) is 0 Å². The number of nitrogens with one attached hydrogen (secondary N) is 2. The monoisotopic (exact) mass is 488 g/mol. The normalized spacial score (nSPS) is 17.3. The lowest BCUT2D eigenvalue weighted by Crippen LogP contribution is -2.44. The summed E-state index contributed by atoms with van der Waals surface area (Å²) in [7, 11) is 1.66. The first-order valence-corrected chi connectivity index (χ1v) is 12.0. The molecule has 1 atom stereocenters. The number of hydrogen-bond acceptors (Lipinski definition) is 9. The molecule has 2 aliphatic heterocycles. The first-order valence-electron chi connectivity index (χ1n) is 12.0. The third-order valence-electron chi connectivity index (χ3n) is 6.45. The van der Waals surface area contributed by atoms with Gasteiger partial charge in [-0.25, -0.2) is 9.97 Å². The van der Waals surface area contributed by atoms with Crippen LogP contribution in [0.5, 0.6) is 11.5 Å². The molecule has 1 fully saturated rings. The number of ether oxygens (including phenoxy) is 3. The number of morpholine rings is 1. The number of aliphatic hydroxyl groups excluding tert-OH is 1. The number of aliphatic hydroxyl groups is 1. The fourth-order valence-corrected chi connectivity index (χ4v) is 4.66. The number of aromatic nitrogens is 3. The van der Waals surface area contributed by atoms with Gasteiger partial charge in [-0.15, -0.1) is 0 Å². The molecule has 4 heterocycles. The highest BCUT2D eigenvalue weighted by Gasteiger charge is 2.23. The minimum Gasteiger partial charge on any atom is -0.495 e. The van der Waals surface area contributed by atoms with E-state index in [1.807, 2.05) is 47.1 Å². The van der Waals surface area contributed by atoms with Crippen molar-refractivity contribution in [3.8, 4) is 22.8 Å². The number of rotatable bonds is 6. The van der Waals surface area contributed by atoms with Gasteiger partial charge in [0, 0.05) is 55.5 Å². The van der Waals surface area contributed by atoms with Crippen LogP contribution in [0.1, 0.15) is 0 Å². The van der Waals surface area contributed by atoms with Crippen molar-refractivity contribution in [1.29, 1.82) is 0 Å². The summed E-state index contributed by atoms with van der Waals surface area (Å²) < 4.78 is 19.0. The van der Waals surface area contributed by atoms with Crippen molar-refractivity contribution in [3.05, 3.63) is 55.0 Å². The van der Waals surface area contributed by atoms with Crippen LogP contribution in [0.4, 0.5) is 22.9 Å². The van der Waals surface area contributed by atoms with Crippen LogP contribution in [-0.2, 0) is 4.74 Å². The maximum absolute atomic E-state index is 9.50. The first kappa shape index (κ1) is 22.4. The Morgan fingerprint density at radius 3 is 3.06 bits per heavy atom. The van der Waals surface area contributed by atoms with Crippen molar-refractivity contribution in [3.63, 3.8) is 0 Å². The number of anilines is 4. The van der Waals surface area contributed by atoms with Gasteiger partial charge in [-0.2, -0.15) is 0 Å². The Kier molecular flexibility index (Phi) is 5.96. The van der Waals surface area contributed by atoms with Crippen molar-refractivity contribution >= 4 is 28.5 Å². The van der Waals surface area contributed by atoms with Gasteiger partial charge in [-0.1, -0.05) is 0 Å². The SMILES string of the molecule is COc1cc(Nc2nc(-c3ccc4c(c3)NCCO4)cn3ccnc23)ccc1N1CCO[C@@H](CO)C1. The minimum absolute atomic E-state index is 0.00587. The lowest BCUT2D eigenvalue weighted by Gasteiger charge is -2.34. The number of hydrogen-bond donors (Lipinski definition) is 3. The zero-order valence-electron chi connectivity index (χ0n) is 20.0. The van der Waals surface area contributed by atoms with E-state index in [0.717, 1.165) is 58.6 Å². The molecule has 186 valence electrons. The average molecular weight is 489 g/mol. The van der Waals surface area contributed by atoms with E-state index in [9.17, 15) is 5.11 Å². The van der Waals surface area contributed by atoms with Crippen LogP contribution >= 0.6 is 0 Å². The Bertz CT molecular complexity index is 1390. The van der Waals surface area contributed by atoms with Gasteiger partial charge in [0.1, 0.15) is 18.1 Å². The van der Waals surface area contributed by atoms with Crippen LogP contribution < -0.4 is 25.0 Å². The summed E-state index contributed by atoms with van der Waals surface area (Å²) in [6.45, 7) is 3.34. The van der Waals surface area contributed by atoms with Crippen LogP contribution in [0, 0.1) is 0 Å². The van der Waals surface area contributed by atoms with Crippen molar-refractivity contribution < 1.29 is 19.3 Å². The molecule has 0 saturated carbocycles. The molecule has 10 nitrogen and oxygen atoms in total. The molecule has 6 rings (SSSR count). The summed E-state index contributed by atoms with van der Waals surface area (Å²) in [5.74, 6) is 2.22. The first-order chi connectivity index (χ1) is 17.7. The van der Waals surface area contributed by atoms with Gasteiger partial charge in [-0.05, 0) is 30.3 Å². The predicted molar refractivity (Wildman–Crippen MR) is 138 cm³/mol. The molecule has 1 saturated heterocycles. The van der Waals surface area contributed by atoms with E-state index >= 15 is 0 Å². The number of fused-ring (bicyclic) bond motifs is 2. The minimum atomic E-state index is -0.202. The average Bonchev–Trinajstić information content (AvgIpc) is 3.42. The summed E-state index contributed by atoms with van der Waals surface area (Å²) >= 11 is 0. The Labute approximate surface area is 208 Å². The number of imidazole rings is 1. The Morgan fingerprint density at radius 1 is 1.22 bits per heavy atom. The van der Waals surface area contributed by atoms with Crippen LogP contribution in [0.25, 0.3) is 16.9 Å². The topological polar surface area (TPSA) is 105 Å². The zero-order valence-corrected chi connectivity index (χ0v) is 20.0. The standard InChI is InChI=1S/C26H28N6O4/c1-34-24-13-18(3-4-22(24)31-9-11-35-19(14-31)16-33)29-25-26-28-6-8-32(26)15-21(30-25)17-2-5-23-20(12-17)27-7-10-36-23/h2-6,8,12-13,15,19,27,33H,7,9-11,14,16H2,1H3,(H,29,30)/t19-/m1/s1. The molecular formula is C26H28N6O4. The quantitative estimate of drug-likeness (QED) is 0.377. The molecular weight excluding hydrogens is 460 g/mol. The Hall–Kier alpha value is -4.02. The van der Waals surface area contributed by atoms with Crippen molar-refractivity contribution in [2.24, 2.45) is 0 Å². The maximum atomic E-state index is 9.50. The van der Waals surface area contributed by atoms with Crippen LogP contribution in [0.2, 0.25) is 0 Å². The molecule has 2 aliphatic rings. The van der Waals surface area contributed by atoms with Gasteiger partial charge in [0.25, 0.3) is 0 Å². The predicted octanol–water partition coefficient (Wildman–Crippen LogP) is 3.15. The van der Waals surface area contributed by atoms with E-state index < -0.39 is 0 Å². The van der Waals surface area contributed by atoms with Gasteiger partial charge in [0.05, 0.1) is 43.5 Å². The number of methoxy groups -OCH3 is 1. The summed E-state index contributed by atoms with van der Waals surface area (Å²) in [4.78, 5) is 11.6. The fourth-order valence-electron chi connectivity index (χ4n) is 4.66. The molecule has 0 bridgehead atoms. The van der Waals surface area contributed by atoms with Crippen LogP contribution in [0.3, 0.4) is 0 Å². The van der Waals surface area contributed by atoms with Crippen LogP contribution in [0.15, 0.2) is 55.0 Å². The molecule has 3 N–H and O–H groups in total. The van der Waals surface area contributed by atoms with Gasteiger partial charge >= 0.3 is 0 Å². The van der Waals surface area contributed by atoms with E-state index in [-0.39, 0.29) is 12.7 Å². The molecule has 0 spiro atoms. The highest BCUT2D eigenvalue weighted by molar-refractivity contribution is 5.77. The summed E-state index contributed by atoms with van der Waals surface area (Å²) in [6.07, 6.45) is 5.43. The molecule has 0 amide bonds. The van der Waals surface area contributed by atoms with E-state index in [0.29, 0.717) is 25.6 Å². The highest BCUT2D eigenvalue weighted by Crippen LogP contribution is 2.35. The van der Waals surface area contributed by atoms with Crippen LogP contribution in [-0.4, -0.2) is 72.1 Å². The van der Waals surface area contributed by atoms with Gasteiger partial charge in [0.2, 0.25) is 0 Å². The second-order valence-electron chi connectivity index (χ2n) is 8.75. The van der Waals surface area contributed by atoms with E-state index in [2.05, 4.69) is 26.6 Å². The van der Waals surface area contributed by atoms with Crippen molar-refractivity contribution in [2.45, 2.75) is 6.10 Å². The second-order valence-corrected chi connectivity index (χ2v) is 8.75. The molecule has 0 radical (unpaired) electrons. The molecule has 10 heteroatoms. The lowest BCUT2D eigenvalue weighted by molar-refractivity contribution is 0.00347. The van der Waals surface area contributed by atoms with Crippen molar-refractivity contribution in [1.82, 2.24) is 14.4 Å². The maximum Gasteiger partial charge on any atom is 0.180 e. The van der Waals surface area contributed by atoms with E-state index in [1.54, 1.807) is 13.3 Å². The van der Waals surface area contributed by atoms with Gasteiger partial charge in [-0.3, -0.25) is 0 Å². The van der Waals surface area contributed by atoms with Gasteiger partial charge < -0.3 is 39.3 Å². The fraction of sp³-hybridized carbons (Fsp3) is 0.308. The summed E-state index contributed by atoms with van der Waals surface area (Å²) in [6, 6.07) is 12.0. The number of nitrogens with zero attached hydrogens (tertiary/aromatic N) is 4. The Morgan fingerprint density at radius 2 is 2.17 bits per heavy atom. The molecule has 4 aromatic rings. The lowest BCUT2D eigenvalue weighted by atomic mass is 10.1. The van der Waals surface area contributed by atoms with E-state index in [4.69, 9.17) is 19.2 Å².